The summed E-state index contributed by atoms with van der Waals surface area (Å²) in [7, 11) is 0. The molecule has 0 saturated carbocycles. The molecule has 0 aliphatic carbocycles. The molecule has 1 rings (SSSR count). The average Bonchev–Trinajstić information content (AvgIpc) is 2.43. The van der Waals surface area contributed by atoms with Crippen LogP contribution in [0.2, 0.25) is 0 Å². The van der Waals surface area contributed by atoms with Crippen molar-refractivity contribution in [1.82, 2.24) is 0 Å². The quantitative estimate of drug-likeness (QED) is 0.382. The third-order valence-corrected chi connectivity index (χ3v) is 2.55. The van der Waals surface area contributed by atoms with Crippen molar-refractivity contribution in [3.8, 4) is 0 Å². The van der Waals surface area contributed by atoms with E-state index < -0.39 is 46.5 Å². The Balaban J connectivity index is 2.90. The van der Waals surface area contributed by atoms with Crippen molar-refractivity contribution in [2.45, 2.75) is 20.0 Å². The van der Waals surface area contributed by atoms with Crippen LogP contribution in [0, 0.1) is 10.1 Å². The molecular formula is C14H13F3N2O5. The Hall–Kier alpha value is -2.91. The molecule has 0 aliphatic rings. The summed E-state index contributed by atoms with van der Waals surface area (Å²) in [4.78, 5) is 32.4. The van der Waals surface area contributed by atoms with Gasteiger partial charge in [-0.1, -0.05) is 5.57 Å². The molecule has 0 spiro atoms. The summed E-state index contributed by atoms with van der Waals surface area (Å²) in [5.74, 6) is -1.82. The molecule has 0 unspecified atom stereocenters. The van der Waals surface area contributed by atoms with Crippen LogP contribution in [0.1, 0.15) is 19.4 Å². The smallest absolute Gasteiger partial charge is 0.418 e. The first-order chi connectivity index (χ1) is 11.0. The van der Waals surface area contributed by atoms with Gasteiger partial charge in [0.15, 0.2) is 6.61 Å². The van der Waals surface area contributed by atoms with E-state index in [1.165, 1.54) is 0 Å². The van der Waals surface area contributed by atoms with Gasteiger partial charge in [0, 0.05) is 18.2 Å². The van der Waals surface area contributed by atoms with Gasteiger partial charge in [-0.2, -0.15) is 13.2 Å². The van der Waals surface area contributed by atoms with Crippen molar-refractivity contribution < 1.29 is 32.4 Å². The van der Waals surface area contributed by atoms with Crippen molar-refractivity contribution in [3.05, 3.63) is 45.5 Å². The van der Waals surface area contributed by atoms with E-state index in [0.29, 0.717) is 11.6 Å². The number of hydrogen-bond acceptors (Lipinski definition) is 5. The SMILES string of the molecule is CC(C)=CC(=O)OCC(=O)Nc1ccc([N+](=O)[O-])cc1C(F)(F)F. The average molecular weight is 346 g/mol. The van der Waals surface area contributed by atoms with E-state index in [0.717, 1.165) is 18.2 Å². The van der Waals surface area contributed by atoms with Gasteiger partial charge >= 0.3 is 12.1 Å². The van der Waals surface area contributed by atoms with Crippen LogP contribution in [0.3, 0.4) is 0 Å². The Morgan fingerprint density at radius 3 is 2.46 bits per heavy atom. The molecule has 0 aliphatic heterocycles. The minimum atomic E-state index is -4.91. The summed E-state index contributed by atoms with van der Waals surface area (Å²) in [6.45, 7) is 2.44. The molecule has 24 heavy (non-hydrogen) atoms. The van der Waals surface area contributed by atoms with Crippen molar-refractivity contribution in [2.75, 3.05) is 11.9 Å². The Morgan fingerprint density at radius 2 is 1.96 bits per heavy atom. The van der Waals surface area contributed by atoms with Gasteiger partial charge in [0.25, 0.3) is 11.6 Å². The largest absolute Gasteiger partial charge is 0.452 e. The van der Waals surface area contributed by atoms with Gasteiger partial charge in [-0.05, 0) is 19.9 Å². The summed E-state index contributed by atoms with van der Waals surface area (Å²) in [5, 5.41) is 12.5. The number of rotatable bonds is 5. The molecule has 0 heterocycles. The number of anilines is 1. The maximum Gasteiger partial charge on any atom is 0.418 e. The molecule has 0 fully saturated rings. The Morgan fingerprint density at radius 1 is 1.33 bits per heavy atom. The maximum absolute atomic E-state index is 12.9. The molecule has 1 aromatic carbocycles. The van der Waals surface area contributed by atoms with Crippen LogP contribution in [0.15, 0.2) is 29.8 Å². The lowest BCUT2D eigenvalue weighted by Gasteiger charge is -2.13. The van der Waals surface area contributed by atoms with Crippen molar-refractivity contribution in [2.24, 2.45) is 0 Å². The number of esters is 1. The van der Waals surface area contributed by atoms with E-state index in [9.17, 15) is 32.9 Å². The molecule has 10 heteroatoms. The normalized spacial score (nSPS) is 10.7. The van der Waals surface area contributed by atoms with Gasteiger partial charge in [-0.15, -0.1) is 0 Å². The molecule has 0 atom stereocenters. The Kier molecular flexibility index (Phi) is 6.04. The van der Waals surface area contributed by atoms with Crippen LogP contribution >= 0.6 is 0 Å². The summed E-state index contributed by atoms with van der Waals surface area (Å²) < 4.78 is 43.4. The number of alkyl halides is 3. The van der Waals surface area contributed by atoms with E-state index in [-0.39, 0.29) is 0 Å². The number of carbonyl (C=O) groups excluding carboxylic acids is 2. The van der Waals surface area contributed by atoms with Crippen LogP contribution < -0.4 is 5.32 Å². The first-order valence-electron chi connectivity index (χ1n) is 6.48. The third-order valence-electron chi connectivity index (χ3n) is 2.55. The monoisotopic (exact) mass is 346 g/mol. The number of hydrogen-bond donors (Lipinski definition) is 1. The van der Waals surface area contributed by atoms with Gasteiger partial charge in [0.2, 0.25) is 0 Å². The highest BCUT2D eigenvalue weighted by atomic mass is 19.4. The number of nitrogens with one attached hydrogen (secondary N) is 1. The number of carbonyl (C=O) groups is 2. The number of halogens is 3. The minimum absolute atomic E-state index is 0.310. The fourth-order valence-corrected chi connectivity index (χ4v) is 1.59. The molecule has 1 amide bonds. The summed E-state index contributed by atoms with van der Waals surface area (Å²) in [5.41, 5.74) is -2.19. The number of nitro groups is 1. The molecule has 0 bridgehead atoms. The second kappa shape index (κ2) is 7.57. The van der Waals surface area contributed by atoms with Crippen molar-refractivity contribution in [3.63, 3.8) is 0 Å². The number of nitrogens with zero attached hydrogens (tertiary/aromatic N) is 1. The highest BCUT2D eigenvalue weighted by Crippen LogP contribution is 2.37. The predicted molar refractivity (Wildman–Crippen MR) is 77.1 cm³/mol. The lowest BCUT2D eigenvalue weighted by atomic mass is 10.1. The van der Waals surface area contributed by atoms with Crippen LogP contribution in [-0.4, -0.2) is 23.4 Å². The molecule has 1 N–H and O–H groups in total. The lowest BCUT2D eigenvalue weighted by molar-refractivity contribution is -0.385. The molecular weight excluding hydrogens is 333 g/mol. The first-order valence-corrected chi connectivity index (χ1v) is 6.48. The number of ether oxygens (including phenoxy) is 1. The third kappa shape index (κ3) is 5.71. The number of amides is 1. The summed E-state index contributed by atoms with van der Waals surface area (Å²) >= 11 is 0. The number of non-ortho nitro benzene ring substituents is 1. The lowest BCUT2D eigenvalue weighted by Crippen LogP contribution is -2.22. The van der Waals surface area contributed by atoms with Gasteiger partial charge in [-0.3, -0.25) is 14.9 Å². The standard InChI is InChI=1S/C14H13F3N2O5/c1-8(2)5-13(21)24-7-12(20)18-11-4-3-9(19(22)23)6-10(11)14(15,16)17/h3-6H,7H2,1-2H3,(H,18,20). The van der Waals surface area contributed by atoms with E-state index in [4.69, 9.17) is 0 Å². The Bertz CT molecular complexity index is 694. The van der Waals surface area contributed by atoms with Gasteiger partial charge in [0.1, 0.15) is 0 Å². The molecule has 0 aromatic heterocycles. The second-order valence-corrected chi connectivity index (χ2v) is 4.86. The number of nitro benzene ring substituents is 1. The summed E-state index contributed by atoms with van der Waals surface area (Å²) in [6, 6.07) is 1.89. The van der Waals surface area contributed by atoms with Crippen LogP contribution in [0.25, 0.3) is 0 Å². The number of benzene rings is 1. The molecule has 130 valence electrons. The highest BCUT2D eigenvalue weighted by molar-refractivity contribution is 5.94. The van der Waals surface area contributed by atoms with Crippen molar-refractivity contribution >= 4 is 23.3 Å². The van der Waals surface area contributed by atoms with E-state index >= 15 is 0 Å². The van der Waals surface area contributed by atoms with Crippen LogP contribution in [0.5, 0.6) is 0 Å². The zero-order chi connectivity index (χ0) is 18.5. The molecule has 0 saturated heterocycles. The maximum atomic E-state index is 12.9. The second-order valence-electron chi connectivity index (χ2n) is 4.86. The fourth-order valence-electron chi connectivity index (χ4n) is 1.59. The minimum Gasteiger partial charge on any atom is -0.452 e. The van der Waals surface area contributed by atoms with Gasteiger partial charge < -0.3 is 10.1 Å². The van der Waals surface area contributed by atoms with Gasteiger partial charge in [-0.25, -0.2) is 4.79 Å². The molecule has 1 aromatic rings. The van der Waals surface area contributed by atoms with Crippen LogP contribution in [-0.2, 0) is 20.5 Å². The predicted octanol–water partition coefficient (Wildman–Crippen LogP) is 3.06. The topological polar surface area (TPSA) is 98.5 Å². The van der Waals surface area contributed by atoms with Gasteiger partial charge in [0.05, 0.1) is 16.2 Å². The first kappa shape index (κ1) is 19.1. The van der Waals surface area contributed by atoms with Crippen molar-refractivity contribution in [1.29, 1.82) is 0 Å². The summed E-state index contributed by atoms with van der Waals surface area (Å²) in [6.07, 6.45) is -3.80. The zero-order valence-corrected chi connectivity index (χ0v) is 12.6. The van der Waals surface area contributed by atoms with E-state index in [2.05, 4.69) is 4.74 Å². The Labute approximate surface area is 134 Å². The highest BCUT2D eigenvalue weighted by Gasteiger charge is 2.35. The molecule has 0 radical (unpaired) electrons. The number of allylic oxidation sites excluding steroid dienone is 1. The zero-order valence-electron chi connectivity index (χ0n) is 12.6. The van der Waals surface area contributed by atoms with E-state index in [1.807, 2.05) is 5.32 Å². The fraction of sp³-hybridized carbons (Fsp3) is 0.286. The van der Waals surface area contributed by atoms with Crippen LogP contribution in [0.4, 0.5) is 24.5 Å². The molecule has 7 nitrogen and oxygen atoms in total. The van der Waals surface area contributed by atoms with E-state index in [1.54, 1.807) is 13.8 Å².